The minimum atomic E-state index is -0.481. The maximum Gasteiger partial charge on any atom is 0.102 e. The summed E-state index contributed by atoms with van der Waals surface area (Å²) < 4.78 is 1.75. The summed E-state index contributed by atoms with van der Waals surface area (Å²) in [6, 6.07) is 1.89. The molecule has 1 aromatic rings. The molecule has 1 unspecified atom stereocenters. The predicted molar refractivity (Wildman–Crippen MR) is 62.7 cm³/mol. The lowest BCUT2D eigenvalue weighted by atomic mass is 9.69. The molecule has 0 bridgehead atoms. The van der Waals surface area contributed by atoms with Gasteiger partial charge in [0, 0.05) is 25.2 Å². The Morgan fingerprint density at radius 1 is 1.50 bits per heavy atom. The molecule has 90 valence electrons. The van der Waals surface area contributed by atoms with Crippen LogP contribution in [-0.2, 0) is 7.05 Å². The zero-order valence-corrected chi connectivity index (χ0v) is 9.89. The number of hydrogen-bond acceptors (Lipinski definition) is 3. The average Bonchev–Trinajstić information content (AvgIpc) is 2.75. The third kappa shape index (κ3) is 1.87. The molecule has 4 heteroatoms. The molecule has 2 rings (SSSR count). The first-order chi connectivity index (χ1) is 7.69. The van der Waals surface area contributed by atoms with Crippen molar-refractivity contribution >= 4 is 0 Å². The Bertz CT molecular complexity index is 342. The first-order valence-electron chi connectivity index (χ1n) is 6.06. The van der Waals surface area contributed by atoms with Crippen molar-refractivity contribution in [1.82, 2.24) is 9.78 Å². The van der Waals surface area contributed by atoms with Crippen molar-refractivity contribution < 1.29 is 5.11 Å². The number of aromatic nitrogens is 2. The Labute approximate surface area is 96.5 Å². The number of aliphatic hydroxyl groups is 1. The second-order valence-electron chi connectivity index (χ2n) is 4.91. The predicted octanol–water partition coefficient (Wildman–Crippen LogP) is 1.36. The van der Waals surface area contributed by atoms with Crippen LogP contribution < -0.4 is 5.73 Å². The molecule has 1 aromatic heterocycles. The third-order valence-corrected chi connectivity index (χ3v) is 3.97. The largest absolute Gasteiger partial charge is 0.386 e. The first-order valence-corrected chi connectivity index (χ1v) is 6.06. The highest BCUT2D eigenvalue weighted by atomic mass is 16.3. The van der Waals surface area contributed by atoms with Gasteiger partial charge in [0.05, 0.1) is 5.69 Å². The molecule has 0 amide bonds. The highest BCUT2D eigenvalue weighted by Crippen LogP contribution is 2.44. The summed E-state index contributed by atoms with van der Waals surface area (Å²) in [4.78, 5) is 0. The van der Waals surface area contributed by atoms with Gasteiger partial charge in [-0.05, 0) is 18.9 Å². The van der Waals surface area contributed by atoms with E-state index in [0.29, 0.717) is 6.54 Å². The first kappa shape index (κ1) is 11.6. The summed E-state index contributed by atoms with van der Waals surface area (Å²) in [5, 5.41) is 14.6. The lowest BCUT2D eigenvalue weighted by Crippen LogP contribution is -2.39. The van der Waals surface area contributed by atoms with E-state index in [9.17, 15) is 5.11 Å². The monoisotopic (exact) mass is 223 g/mol. The zero-order chi connectivity index (χ0) is 11.6. The van der Waals surface area contributed by atoms with Crippen LogP contribution in [0.3, 0.4) is 0 Å². The molecular formula is C12H21N3O. The van der Waals surface area contributed by atoms with E-state index in [-0.39, 0.29) is 5.41 Å². The number of nitrogens with zero attached hydrogens (tertiary/aromatic N) is 2. The molecule has 0 aliphatic heterocycles. The van der Waals surface area contributed by atoms with Gasteiger partial charge in [-0.15, -0.1) is 0 Å². The third-order valence-electron chi connectivity index (χ3n) is 3.97. The van der Waals surface area contributed by atoms with Gasteiger partial charge in [0.1, 0.15) is 6.10 Å². The van der Waals surface area contributed by atoms with Gasteiger partial charge in [-0.25, -0.2) is 0 Å². The molecule has 4 nitrogen and oxygen atoms in total. The molecule has 0 aromatic carbocycles. The standard InChI is InChI=1S/C12H21N3O/c1-15-10(5-8-14-15)11(16)12(9-13)6-3-2-4-7-12/h5,8,11,16H,2-4,6-7,9,13H2,1H3. The lowest BCUT2D eigenvalue weighted by molar-refractivity contribution is -0.00450. The Morgan fingerprint density at radius 3 is 2.69 bits per heavy atom. The number of nitrogens with two attached hydrogens (primary N) is 1. The van der Waals surface area contributed by atoms with Crippen LogP contribution in [0.5, 0.6) is 0 Å². The SMILES string of the molecule is Cn1nccc1C(O)C1(CN)CCCCC1. The summed E-state index contributed by atoms with van der Waals surface area (Å²) in [5.41, 5.74) is 6.65. The number of aryl methyl sites for hydroxylation is 1. The molecule has 1 aliphatic carbocycles. The fourth-order valence-corrected chi connectivity index (χ4v) is 2.81. The van der Waals surface area contributed by atoms with Crippen LogP contribution >= 0.6 is 0 Å². The molecular weight excluding hydrogens is 202 g/mol. The van der Waals surface area contributed by atoms with Gasteiger partial charge in [-0.2, -0.15) is 5.10 Å². The molecule has 16 heavy (non-hydrogen) atoms. The molecule has 1 aliphatic rings. The van der Waals surface area contributed by atoms with Gasteiger partial charge in [0.2, 0.25) is 0 Å². The van der Waals surface area contributed by atoms with Crippen molar-refractivity contribution in [1.29, 1.82) is 0 Å². The van der Waals surface area contributed by atoms with Crippen molar-refractivity contribution in [2.45, 2.75) is 38.2 Å². The van der Waals surface area contributed by atoms with E-state index in [1.165, 1.54) is 19.3 Å². The molecule has 1 saturated carbocycles. The summed E-state index contributed by atoms with van der Waals surface area (Å²) >= 11 is 0. The summed E-state index contributed by atoms with van der Waals surface area (Å²) in [7, 11) is 1.87. The van der Waals surface area contributed by atoms with Crippen LogP contribution in [0.1, 0.15) is 43.9 Å². The Morgan fingerprint density at radius 2 is 2.19 bits per heavy atom. The zero-order valence-electron chi connectivity index (χ0n) is 9.89. The summed E-state index contributed by atoms with van der Waals surface area (Å²) in [6.45, 7) is 0.555. The highest BCUT2D eigenvalue weighted by molar-refractivity contribution is 5.10. The van der Waals surface area contributed by atoms with Gasteiger partial charge in [-0.1, -0.05) is 19.3 Å². The minimum Gasteiger partial charge on any atom is -0.386 e. The fourth-order valence-electron chi connectivity index (χ4n) is 2.81. The summed E-state index contributed by atoms with van der Waals surface area (Å²) in [6.07, 6.45) is 6.90. The summed E-state index contributed by atoms with van der Waals surface area (Å²) in [5.74, 6) is 0. The molecule has 3 N–H and O–H groups in total. The van der Waals surface area contributed by atoms with Gasteiger partial charge in [0.15, 0.2) is 0 Å². The normalized spacial score (nSPS) is 21.9. The lowest BCUT2D eigenvalue weighted by Gasteiger charge is -2.40. The molecule has 0 radical (unpaired) electrons. The van der Waals surface area contributed by atoms with Gasteiger partial charge < -0.3 is 10.8 Å². The molecule has 0 spiro atoms. The second kappa shape index (κ2) is 4.55. The molecule has 0 saturated heterocycles. The van der Waals surface area contributed by atoms with Crippen LogP contribution in [-0.4, -0.2) is 21.4 Å². The maximum atomic E-state index is 10.5. The quantitative estimate of drug-likeness (QED) is 0.813. The fraction of sp³-hybridized carbons (Fsp3) is 0.750. The van der Waals surface area contributed by atoms with Crippen LogP contribution in [0.25, 0.3) is 0 Å². The van der Waals surface area contributed by atoms with Crippen LogP contribution in [0.4, 0.5) is 0 Å². The van der Waals surface area contributed by atoms with Crippen molar-refractivity contribution in [3.05, 3.63) is 18.0 Å². The van der Waals surface area contributed by atoms with Crippen molar-refractivity contribution in [2.75, 3.05) is 6.54 Å². The second-order valence-corrected chi connectivity index (χ2v) is 4.91. The number of hydrogen-bond donors (Lipinski definition) is 2. The van der Waals surface area contributed by atoms with Crippen molar-refractivity contribution in [3.63, 3.8) is 0 Å². The van der Waals surface area contributed by atoms with Crippen molar-refractivity contribution in [3.8, 4) is 0 Å². The Hall–Kier alpha value is -0.870. The Kier molecular flexibility index (Phi) is 3.30. The smallest absolute Gasteiger partial charge is 0.102 e. The number of rotatable bonds is 3. The van der Waals surface area contributed by atoms with Crippen LogP contribution in [0, 0.1) is 5.41 Å². The van der Waals surface area contributed by atoms with E-state index < -0.39 is 6.10 Å². The van der Waals surface area contributed by atoms with E-state index in [1.54, 1.807) is 10.9 Å². The molecule has 1 fully saturated rings. The maximum absolute atomic E-state index is 10.5. The van der Waals surface area contributed by atoms with E-state index in [2.05, 4.69) is 5.10 Å². The van der Waals surface area contributed by atoms with E-state index in [1.807, 2.05) is 13.1 Å². The van der Waals surface area contributed by atoms with Gasteiger partial charge in [0.25, 0.3) is 0 Å². The van der Waals surface area contributed by atoms with Crippen molar-refractivity contribution in [2.24, 2.45) is 18.2 Å². The van der Waals surface area contributed by atoms with Gasteiger partial charge in [-0.3, -0.25) is 4.68 Å². The highest BCUT2D eigenvalue weighted by Gasteiger charge is 2.39. The van der Waals surface area contributed by atoms with Crippen LogP contribution in [0.15, 0.2) is 12.3 Å². The van der Waals surface area contributed by atoms with Crippen LogP contribution in [0.2, 0.25) is 0 Å². The average molecular weight is 223 g/mol. The Balaban J connectivity index is 2.24. The number of aliphatic hydroxyl groups excluding tert-OH is 1. The van der Waals surface area contributed by atoms with E-state index in [4.69, 9.17) is 5.73 Å². The molecule has 1 atom stereocenters. The topological polar surface area (TPSA) is 64.1 Å². The minimum absolute atomic E-state index is 0.133. The van der Waals surface area contributed by atoms with Gasteiger partial charge >= 0.3 is 0 Å². The molecule has 1 heterocycles. The van der Waals surface area contributed by atoms with E-state index in [0.717, 1.165) is 18.5 Å². The van der Waals surface area contributed by atoms with E-state index >= 15 is 0 Å².